The van der Waals surface area contributed by atoms with Gasteiger partial charge in [0.1, 0.15) is 0 Å². The molecule has 0 fully saturated rings. The third-order valence-corrected chi connectivity index (χ3v) is 3.33. The molecule has 1 aromatic carbocycles. The highest BCUT2D eigenvalue weighted by Crippen LogP contribution is 2.22. The highest BCUT2D eigenvalue weighted by atomic mass is 32.1. The van der Waals surface area contributed by atoms with Crippen LogP contribution in [0.3, 0.4) is 0 Å². The molecule has 1 heterocycles. The fourth-order valence-corrected chi connectivity index (χ4v) is 2.08. The molecule has 3 heteroatoms. The molecule has 1 aromatic rings. The number of fused-ring (bicyclic) bond motifs is 1. The number of thiocarbonyl (C=S) groups is 1. The van der Waals surface area contributed by atoms with Crippen LogP contribution in [0, 0.1) is 5.92 Å². The van der Waals surface area contributed by atoms with Crippen LogP contribution in [0.1, 0.15) is 18.1 Å². The Morgan fingerprint density at radius 2 is 1.93 bits per heavy atom. The van der Waals surface area contributed by atoms with Crippen LogP contribution in [0.4, 0.5) is 0 Å². The molecule has 1 atom stereocenters. The Balaban J connectivity index is 1.99. The topological polar surface area (TPSA) is 29.3 Å². The van der Waals surface area contributed by atoms with Gasteiger partial charge in [-0.2, -0.15) is 0 Å². The summed E-state index contributed by atoms with van der Waals surface area (Å²) in [5, 5.41) is 0. The lowest BCUT2D eigenvalue weighted by molar-refractivity contribution is 0.267. The van der Waals surface area contributed by atoms with Crippen molar-refractivity contribution >= 4 is 17.2 Å². The molecule has 2 rings (SSSR count). The lowest BCUT2D eigenvalue weighted by atomic mass is 10.1. The van der Waals surface area contributed by atoms with Crippen molar-refractivity contribution in [1.29, 1.82) is 0 Å². The molecule has 0 saturated heterocycles. The Bertz CT molecular complexity index is 351. The van der Waals surface area contributed by atoms with Gasteiger partial charge in [0.2, 0.25) is 0 Å². The minimum Gasteiger partial charge on any atom is -0.393 e. The maximum absolute atomic E-state index is 5.62. The molecule has 2 nitrogen and oxygen atoms in total. The highest BCUT2D eigenvalue weighted by Gasteiger charge is 2.20. The molecule has 0 saturated carbocycles. The van der Waals surface area contributed by atoms with Crippen LogP contribution in [0.5, 0.6) is 0 Å². The van der Waals surface area contributed by atoms with Gasteiger partial charge in [0, 0.05) is 25.6 Å². The fraction of sp³-hybridized carbons (Fsp3) is 0.417. The van der Waals surface area contributed by atoms with E-state index < -0.39 is 0 Å². The smallest absolute Gasteiger partial charge is 0.0768 e. The van der Waals surface area contributed by atoms with Gasteiger partial charge in [-0.05, 0) is 11.1 Å². The summed E-state index contributed by atoms with van der Waals surface area (Å²) in [5.74, 6) is 0.300. The number of hydrogen-bond acceptors (Lipinski definition) is 2. The van der Waals surface area contributed by atoms with Crippen molar-refractivity contribution < 1.29 is 0 Å². The Labute approximate surface area is 96.1 Å². The van der Waals surface area contributed by atoms with E-state index in [0.717, 1.165) is 19.6 Å². The summed E-state index contributed by atoms with van der Waals surface area (Å²) < 4.78 is 0. The summed E-state index contributed by atoms with van der Waals surface area (Å²) in [7, 11) is 0. The van der Waals surface area contributed by atoms with Crippen LogP contribution < -0.4 is 5.73 Å². The minimum atomic E-state index is 0.300. The molecule has 0 aliphatic carbocycles. The summed E-state index contributed by atoms with van der Waals surface area (Å²) in [6, 6.07) is 8.58. The second-order valence-electron chi connectivity index (χ2n) is 4.24. The molecule has 0 radical (unpaired) electrons. The Morgan fingerprint density at radius 3 is 2.40 bits per heavy atom. The lowest BCUT2D eigenvalue weighted by Gasteiger charge is -2.19. The zero-order valence-electron chi connectivity index (χ0n) is 8.94. The Hall–Kier alpha value is -0.930. The van der Waals surface area contributed by atoms with Crippen LogP contribution in [0.25, 0.3) is 0 Å². The average Bonchev–Trinajstić information content (AvgIpc) is 2.59. The number of benzene rings is 1. The standard InChI is InChI=1S/C12H16N2S/c1-9(12(13)15)6-14-7-10-4-2-3-5-11(10)8-14/h2-5,9H,6-8H2,1H3,(H2,13,15). The highest BCUT2D eigenvalue weighted by molar-refractivity contribution is 7.80. The molecule has 1 aliphatic heterocycles. The van der Waals surface area contributed by atoms with E-state index in [-0.39, 0.29) is 0 Å². The maximum Gasteiger partial charge on any atom is 0.0768 e. The first-order chi connectivity index (χ1) is 7.16. The third kappa shape index (κ3) is 2.36. The zero-order valence-corrected chi connectivity index (χ0v) is 9.76. The van der Waals surface area contributed by atoms with Crippen molar-refractivity contribution in [2.24, 2.45) is 11.7 Å². The lowest BCUT2D eigenvalue weighted by Crippen LogP contribution is -2.30. The zero-order chi connectivity index (χ0) is 10.8. The Morgan fingerprint density at radius 1 is 1.40 bits per heavy atom. The summed E-state index contributed by atoms with van der Waals surface area (Å²) in [5.41, 5.74) is 8.50. The summed E-state index contributed by atoms with van der Waals surface area (Å²) in [6.45, 7) is 5.11. The molecule has 2 N–H and O–H groups in total. The second-order valence-corrected chi connectivity index (χ2v) is 4.71. The van der Waals surface area contributed by atoms with Gasteiger partial charge >= 0.3 is 0 Å². The molecule has 0 spiro atoms. The van der Waals surface area contributed by atoms with Crippen molar-refractivity contribution in [3.8, 4) is 0 Å². The SMILES string of the molecule is CC(CN1Cc2ccccc2C1)C(N)=S. The summed E-state index contributed by atoms with van der Waals surface area (Å²) >= 11 is 4.99. The predicted octanol–water partition coefficient (Wildman–Crippen LogP) is 1.92. The van der Waals surface area contributed by atoms with Gasteiger partial charge in [0.05, 0.1) is 4.99 Å². The van der Waals surface area contributed by atoms with Crippen LogP contribution in [-0.4, -0.2) is 16.4 Å². The van der Waals surface area contributed by atoms with E-state index >= 15 is 0 Å². The van der Waals surface area contributed by atoms with Crippen LogP contribution in [0.15, 0.2) is 24.3 Å². The predicted molar refractivity (Wildman–Crippen MR) is 66.5 cm³/mol. The molecule has 15 heavy (non-hydrogen) atoms. The molecule has 1 aliphatic rings. The fourth-order valence-electron chi connectivity index (χ4n) is 2.01. The van der Waals surface area contributed by atoms with E-state index in [9.17, 15) is 0 Å². The summed E-state index contributed by atoms with van der Waals surface area (Å²) in [4.78, 5) is 3.01. The molecule has 0 aromatic heterocycles. The van der Waals surface area contributed by atoms with Crippen molar-refractivity contribution in [2.75, 3.05) is 6.54 Å². The molecule has 1 unspecified atom stereocenters. The monoisotopic (exact) mass is 220 g/mol. The van der Waals surface area contributed by atoms with E-state index in [0.29, 0.717) is 10.9 Å². The first-order valence-corrected chi connectivity index (χ1v) is 5.66. The van der Waals surface area contributed by atoms with Gasteiger partial charge in [0.25, 0.3) is 0 Å². The van der Waals surface area contributed by atoms with E-state index in [1.54, 1.807) is 0 Å². The van der Waals surface area contributed by atoms with E-state index in [2.05, 4.69) is 36.1 Å². The second kappa shape index (κ2) is 4.29. The molecule has 0 bridgehead atoms. The number of nitrogens with zero attached hydrogens (tertiary/aromatic N) is 1. The average molecular weight is 220 g/mol. The first-order valence-electron chi connectivity index (χ1n) is 5.25. The largest absolute Gasteiger partial charge is 0.393 e. The van der Waals surface area contributed by atoms with E-state index in [1.807, 2.05) is 0 Å². The Kier molecular flexibility index (Phi) is 3.03. The van der Waals surface area contributed by atoms with E-state index in [4.69, 9.17) is 18.0 Å². The molecule has 0 amide bonds. The minimum absolute atomic E-state index is 0.300. The van der Waals surface area contributed by atoms with Crippen LogP contribution in [-0.2, 0) is 13.1 Å². The quantitative estimate of drug-likeness (QED) is 0.789. The summed E-state index contributed by atoms with van der Waals surface area (Å²) in [6.07, 6.45) is 0. The normalized spacial score (nSPS) is 17.4. The van der Waals surface area contributed by atoms with Gasteiger partial charge < -0.3 is 5.73 Å². The molecular weight excluding hydrogens is 204 g/mol. The van der Waals surface area contributed by atoms with Crippen molar-refractivity contribution in [3.05, 3.63) is 35.4 Å². The molecule has 80 valence electrons. The van der Waals surface area contributed by atoms with Gasteiger partial charge in [-0.25, -0.2) is 0 Å². The number of nitrogens with two attached hydrogens (primary N) is 1. The number of rotatable bonds is 3. The van der Waals surface area contributed by atoms with Crippen LogP contribution in [0.2, 0.25) is 0 Å². The number of hydrogen-bond donors (Lipinski definition) is 1. The third-order valence-electron chi connectivity index (χ3n) is 2.92. The van der Waals surface area contributed by atoms with Crippen LogP contribution >= 0.6 is 12.2 Å². The van der Waals surface area contributed by atoms with Gasteiger partial charge in [-0.1, -0.05) is 43.4 Å². The first kappa shape index (κ1) is 10.6. The van der Waals surface area contributed by atoms with E-state index in [1.165, 1.54) is 11.1 Å². The van der Waals surface area contributed by atoms with Crippen molar-refractivity contribution in [1.82, 2.24) is 4.90 Å². The van der Waals surface area contributed by atoms with Crippen molar-refractivity contribution in [3.63, 3.8) is 0 Å². The van der Waals surface area contributed by atoms with Crippen molar-refractivity contribution in [2.45, 2.75) is 20.0 Å². The van der Waals surface area contributed by atoms with Gasteiger partial charge in [0.15, 0.2) is 0 Å². The maximum atomic E-state index is 5.62. The molecular formula is C12H16N2S. The van der Waals surface area contributed by atoms with Gasteiger partial charge in [-0.15, -0.1) is 0 Å². The van der Waals surface area contributed by atoms with Gasteiger partial charge in [-0.3, -0.25) is 4.90 Å².